The Morgan fingerprint density at radius 1 is 1.33 bits per heavy atom. The highest BCUT2D eigenvalue weighted by Crippen LogP contribution is 2.30. The lowest BCUT2D eigenvalue weighted by molar-refractivity contribution is 0.112. The van der Waals surface area contributed by atoms with Gasteiger partial charge in [-0.2, -0.15) is 0 Å². The first-order chi connectivity index (χ1) is 7.38. The van der Waals surface area contributed by atoms with E-state index in [1.54, 1.807) is 0 Å². The number of carbonyl (C=O) groups excluding carboxylic acids is 1. The first-order valence-electron chi connectivity index (χ1n) is 5.56. The molecule has 2 rings (SSSR count). The van der Waals surface area contributed by atoms with Gasteiger partial charge in [-0.05, 0) is 30.9 Å². The van der Waals surface area contributed by atoms with Crippen LogP contribution in [-0.4, -0.2) is 12.0 Å². The molecule has 0 amide bonds. The van der Waals surface area contributed by atoms with Gasteiger partial charge in [-0.1, -0.05) is 25.0 Å². The molecule has 2 heteroatoms. The van der Waals surface area contributed by atoms with Crippen molar-refractivity contribution >= 4 is 18.0 Å². The van der Waals surface area contributed by atoms with Crippen molar-refractivity contribution < 1.29 is 4.79 Å². The van der Waals surface area contributed by atoms with Crippen LogP contribution in [0.5, 0.6) is 0 Å². The van der Waals surface area contributed by atoms with Crippen molar-refractivity contribution in [2.24, 2.45) is 5.92 Å². The molecule has 0 saturated heterocycles. The van der Waals surface area contributed by atoms with Gasteiger partial charge in [0.25, 0.3) is 0 Å². The minimum atomic E-state index is 0.784. The van der Waals surface area contributed by atoms with E-state index in [2.05, 4.69) is 6.07 Å². The number of benzene rings is 1. The van der Waals surface area contributed by atoms with E-state index in [9.17, 15) is 4.79 Å². The average molecular weight is 220 g/mol. The third kappa shape index (κ3) is 3.10. The maximum absolute atomic E-state index is 10.6. The number of carbonyl (C=O) groups is 1. The molecule has 0 unspecified atom stereocenters. The van der Waals surface area contributed by atoms with Crippen LogP contribution in [0.1, 0.15) is 36.0 Å². The van der Waals surface area contributed by atoms with Gasteiger partial charge in [-0.25, -0.2) is 0 Å². The number of hydrogen-bond donors (Lipinski definition) is 0. The van der Waals surface area contributed by atoms with Gasteiger partial charge in [0, 0.05) is 16.2 Å². The molecule has 1 fully saturated rings. The Morgan fingerprint density at radius 3 is 2.87 bits per heavy atom. The van der Waals surface area contributed by atoms with Crippen molar-refractivity contribution in [3.63, 3.8) is 0 Å². The molecule has 80 valence electrons. The quantitative estimate of drug-likeness (QED) is 0.567. The highest BCUT2D eigenvalue weighted by Gasteiger charge is 2.14. The van der Waals surface area contributed by atoms with Gasteiger partial charge in [0.05, 0.1) is 0 Å². The summed E-state index contributed by atoms with van der Waals surface area (Å²) < 4.78 is 0. The molecule has 1 nitrogen and oxygen atoms in total. The summed E-state index contributed by atoms with van der Waals surface area (Å²) in [6.45, 7) is 0. The van der Waals surface area contributed by atoms with Crippen LogP contribution in [0.3, 0.4) is 0 Å². The lowest BCUT2D eigenvalue weighted by Gasteiger charge is -2.08. The van der Waals surface area contributed by atoms with Gasteiger partial charge in [-0.15, -0.1) is 11.8 Å². The summed E-state index contributed by atoms with van der Waals surface area (Å²) in [6, 6.07) is 7.88. The molecule has 1 saturated carbocycles. The van der Waals surface area contributed by atoms with E-state index >= 15 is 0 Å². The molecule has 1 aromatic carbocycles. The second-order valence-electron chi connectivity index (χ2n) is 4.15. The number of aldehydes is 1. The van der Waals surface area contributed by atoms with Crippen LogP contribution in [0, 0.1) is 5.92 Å². The lowest BCUT2D eigenvalue weighted by Crippen LogP contribution is -1.96. The Bertz CT molecular complexity index is 329. The van der Waals surface area contributed by atoms with Crippen molar-refractivity contribution in [2.45, 2.75) is 30.6 Å². The average Bonchev–Trinajstić information content (AvgIpc) is 2.79. The maximum Gasteiger partial charge on any atom is 0.150 e. The SMILES string of the molecule is O=Cc1cccc(SCC2CCCC2)c1. The predicted octanol–water partition coefficient (Wildman–Crippen LogP) is 3.78. The van der Waals surface area contributed by atoms with Crippen LogP contribution in [0.4, 0.5) is 0 Å². The highest BCUT2D eigenvalue weighted by molar-refractivity contribution is 7.99. The normalized spacial score (nSPS) is 16.8. The van der Waals surface area contributed by atoms with E-state index in [-0.39, 0.29) is 0 Å². The number of hydrogen-bond acceptors (Lipinski definition) is 2. The zero-order valence-electron chi connectivity index (χ0n) is 8.82. The van der Waals surface area contributed by atoms with Gasteiger partial charge in [-0.3, -0.25) is 4.79 Å². The molecule has 0 aliphatic heterocycles. The van der Waals surface area contributed by atoms with Gasteiger partial charge in [0.15, 0.2) is 0 Å². The van der Waals surface area contributed by atoms with Gasteiger partial charge in [0.2, 0.25) is 0 Å². The minimum Gasteiger partial charge on any atom is -0.298 e. The molecule has 15 heavy (non-hydrogen) atoms. The smallest absolute Gasteiger partial charge is 0.150 e. The van der Waals surface area contributed by atoms with E-state index in [0.717, 1.165) is 17.8 Å². The van der Waals surface area contributed by atoms with E-state index in [1.165, 1.54) is 36.3 Å². The van der Waals surface area contributed by atoms with Crippen molar-refractivity contribution in [1.82, 2.24) is 0 Å². The summed E-state index contributed by atoms with van der Waals surface area (Å²) in [5.74, 6) is 2.11. The monoisotopic (exact) mass is 220 g/mol. The zero-order chi connectivity index (χ0) is 10.5. The van der Waals surface area contributed by atoms with Crippen LogP contribution >= 0.6 is 11.8 Å². The molecule has 0 bridgehead atoms. The maximum atomic E-state index is 10.6. The van der Waals surface area contributed by atoms with Crippen LogP contribution in [-0.2, 0) is 0 Å². The van der Waals surface area contributed by atoms with E-state index in [0.29, 0.717) is 0 Å². The Morgan fingerprint density at radius 2 is 2.13 bits per heavy atom. The molecule has 1 aliphatic carbocycles. The topological polar surface area (TPSA) is 17.1 Å². The van der Waals surface area contributed by atoms with Crippen LogP contribution in [0.25, 0.3) is 0 Å². The van der Waals surface area contributed by atoms with Crippen molar-refractivity contribution in [3.8, 4) is 0 Å². The summed E-state index contributed by atoms with van der Waals surface area (Å²) in [5.41, 5.74) is 0.784. The summed E-state index contributed by atoms with van der Waals surface area (Å²) in [7, 11) is 0. The Kier molecular flexibility index (Phi) is 3.84. The molecule has 0 radical (unpaired) electrons. The summed E-state index contributed by atoms with van der Waals surface area (Å²) >= 11 is 1.89. The standard InChI is InChI=1S/C13H16OS/c14-9-12-6-3-7-13(8-12)15-10-11-4-1-2-5-11/h3,6-9,11H,1-2,4-5,10H2. The largest absolute Gasteiger partial charge is 0.298 e. The zero-order valence-corrected chi connectivity index (χ0v) is 9.63. The fraction of sp³-hybridized carbons (Fsp3) is 0.462. The molecule has 0 N–H and O–H groups in total. The first-order valence-corrected chi connectivity index (χ1v) is 6.55. The molecule has 0 atom stereocenters. The molecule has 0 heterocycles. The van der Waals surface area contributed by atoms with Crippen LogP contribution in [0.15, 0.2) is 29.2 Å². The van der Waals surface area contributed by atoms with E-state index in [1.807, 2.05) is 30.0 Å². The van der Waals surface area contributed by atoms with Crippen LogP contribution in [0.2, 0.25) is 0 Å². The fourth-order valence-electron chi connectivity index (χ4n) is 2.07. The summed E-state index contributed by atoms with van der Waals surface area (Å²) in [4.78, 5) is 11.8. The third-order valence-electron chi connectivity index (χ3n) is 2.95. The molecule has 1 aromatic rings. The van der Waals surface area contributed by atoms with E-state index < -0.39 is 0 Å². The van der Waals surface area contributed by atoms with Gasteiger partial charge >= 0.3 is 0 Å². The van der Waals surface area contributed by atoms with Crippen LogP contribution < -0.4 is 0 Å². The van der Waals surface area contributed by atoms with Crippen molar-refractivity contribution in [1.29, 1.82) is 0 Å². The Labute approximate surface area is 95.3 Å². The molecule has 1 aliphatic rings. The van der Waals surface area contributed by atoms with E-state index in [4.69, 9.17) is 0 Å². The molecule has 0 spiro atoms. The van der Waals surface area contributed by atoms with Gasteiger partial charge in [0.1, 0.15) is 6.29 Å². The van der Waals surface area contributed by atoms with Crippen molar-refractivity contribution in [2.75, 3.05) is 5.75 Å². The second kappa shape index (κ2) is 5.36. The Hall–Kier alpha value is -0.760. The third-order valence-corrected chi connectivity index (χ3v) is 4.18. The number of thioether (sulfide) groups is 1. The first kappa shape index (κ1) is 10.7. The number of rotatable bonds is 4. The minimum absolute atomic E-state index is 0.784. The Balaban J connectivity index is 1.89. The molecule has 0 aromatic heterocycles. The second-order valence-corrected chi connectivity index (χ2v) is 5.25. The predicted molar refractivity (Wildman–Crippen MR) is 64.5 cm³/mol. The summed E-state index contributed by atoms with van der Waals surface area (Å²) in [6.07, 6.45) is 6.50. The molecular formula is C13H16OS. The summed E-state index contributed by atoms with van der Waals surface area (Å²) in [5, 5.41) is 0. The fourth-order valence-corrected chi connectivity index (χ4v) is 3.22. The molecular weight excluding hydrogens is 204 g/mol. The lowest BCUT2D eigenvalue weighted by atomic mass is 10.1. The van der Waals surface area contributed by atoms with Gasteiger partial charge < -0.3 is 0 Å². The van der Waals surface area contributed by atoms with Crippen molar-refractivity contribution in [3.05, 3.63) is 29.8 Å². The highest BCUT2D eigenvalue weighted by atomic mass is 32.2.